The van der Waals surface area contributed by atoms with Gasteiger partial charge in [-0.05, 0) is 12.1 Å². The lowest BCUT2D eigenvalue weighted by Crippen LogP contribution is -1.80. The molecule has 0 amide bonds. The van der Waals surface area contributed by atoms with Crippen molar-refractivity contribution in [2.45, 2.75) is 5.33 Å². The average Bonchev–Trinajstić information content (AvgIpc) is 2.66. The molecule has 0 unspecified atom stereocenters. The van der Waals surface area contributed by atoms with E-state index >= 15 is 0 Å². The Morgan fingerprint density at radius 1 is 1.40 bits per heavy atom. The van der Waals surface area contributed by atoms with Crippen LogP contribution >= 0.6 is 43.5 Å². The van der Waals surface area contributed by atoms with E-state index in [9.17, 15) is 0 Å². The van der Waals surface area contributed by atoms with Gasteiger partial charge in [0.05, 0.1) is 10.4 Å². The van der Waals surface area contributed by atoms with Crippen LogP contribution in [0.15, 0.2) is 33.3 Å². The van der Waals surface area contributed by atoms with Crippen LogP contribution in [0.5, 0.6) is 0 Å². The zero-order valence-corrected chi connectivity index (χ0v) is 11.4. The van der Waals surface area contributed by atoms with E-state index < -0.39 is 0 Å². The summed E-state index contributed by atoms with van der Waals surface area (Å²) in [6, 6.07) is 7.48. The topological polar surface area (TPSA) is 26.0 Å². The van der Waals surface area contributed by atoms with Crippen molar-refractivity contribution in [3.05, 3.63) is 39.5 Å². The molecule has 0 aliphatic carbocycles. The molecule has 0 fully saturated rings. The van der Waals surface area contributed by atoms with E-state index in [2.05, 4.69) is 37.0 Å². The predicted octanol–water partition coefficient (Wildman–Crippen LogP) is 4.65. The van der Waals surface area contributed by atoms with Gasteiger partial charge in [0.25, 0.3) is 0 Å². The molecule has 78 valence electrons. The SMILES string of the molecule is Clc1cccc(Br)c1-c1cc(CBr)on1. The smallest absolute Gasteiger partial charge is 0.147 e. The van der Waals surface area contributed by atoms with E-state index in [0.29, 0.717) is 10.4 Å². The summed E-state index contributed by atoms with van der Waals surface area (Å²) in [5.41, 5.74) is 1.59. The van der Waals surface area contributed by atoms with Gasteiger partial charge < -0.3 is 4.52 Å². The Morgan fingerprint density at radius 2 is 2.20 bits per heavy atom. The van der Waals surface area contributed by atoms with Crippen LogP contribution in [0.1, 0.15) is 5.76 Å². The van der Waals surface area contributed by atoms with Crippen LogP contribution in [-0.4, -0.2) is 5.16 Å². The second-order valence-corrected chi connectivity index (χ2v) is 4.73. The highest BCUT2D eigenvalue weighted by atomic mass is 79.9. The maximum atomic E-state index is 6.09. The maximum Gasteiger partial charge on any atom is 0.147 e. The summed E-state index contributed by atoms with van der Waals surface area (Å²) in [6.07, 6.45) is 0. The van der Waals surface area contributed by atoms with Gasteiger partial charge in [-0.25, -0.2) is 0 Å². The summed E-state index contributed by atoms with van der Waals surface area (Å²) < 4.78 is 6.01. The monoisotopic (exact) mass is 349 g/mol. The van der Waals surface area contributed by atoms with Gasteiger partial charge in [0.15, 0.2) is 0 Å². The normalized spacial score (nSPS) is 10.6. The van der Waals surface area contributed by atoms with Gasteiger partial charge in [0.2, 0.25) is 0 Å². The summed E-state index contributed by atoms with van der Waals surface area (Å²) >= 11 is 12.8. The Balaban J connectivity index is 2.53. The van der Waals surface area contributed by atoms with Crippen molar-refractivity contribution in [2.75, 3.05) is 0 Å². The van der Waals surface area contributed by atoms with Crippen molar-refractivity contribution in [2.24, 2.45) is 0 Å². The van der Waals surface area contributed by atoms with E-state index in [1.807, 2.05) is 24.3 Å². The van der Waals surface area contributed by atoms with Crippen molar-refractivity contribution >= 4 is 43.5 Å². The Morgan fingerprint density at radius 3 is 2.80 bits per heavy atom. The number of alkyl halides is 1. The highest BCUT2D eigenvalue weighted by molar-refractivity contribution is 9.10. The molecule has 0 atom stereocenters. The molecule has 0 N–H and O–H groups in total. The maximum absolute atomic E-state index is 6.09. The molecule has 0 aliphatic heterocycles. The lowest BCUT2D eigenvalue weighted by molar-refractivity contribution is 0.398. The minimum absolute atomic E-state index is 0.641. The van der Waals surface area contributed by atoms with Gasteiger partial charge in [-0.15, -0.1) is 0 Å². The number of halogens is 3. The third kappa shape index (κ3) is 2.27. The van der Waals surface area contributed by atoms with Crippen LogP contribution in [0, 0.1) is 0 Å². The fourth-order valence-corrected chi connectivity index (χ4v) is 2.46. The van der Waals surface area contributed by atoms with Gasteiger partial charge in [0, 0.05) is 16.1 Å². The molecule has 1 heterocycles. The molecule has 2 rings (SSSR count). The minimum atomic E-state index is 0.641. The van der Waals surface area contributed by atoms with E-state index in [4.69, 9.17) is 16.1 Å². The third-order valence-electron chi connectivity index (χ3n) is 1.91. The Labute approximate surface area is 109 Å². The summed E-state index contributed by atoms with van der Waals surface area (Å²) in [6.45, 7) is 0. The number of benzene rings is 1. The third-order valence-corrected chi connectivity index (χ3v) is 3.44. The predicted molar refractivity (Wildman–Crippen MR) is 67.3 cm³/mol. The van der Waals surface area contributed by atoms with Gasteiger partial charge >= 0.3 is 0 Å². The largest absolute Gasteiger partial charge is 0.360 e. The standard InChI is InChI=1S/C10H6Br2ClNO/c11-5-6-4-9(14-15-6)10-7(12)2-1-3-8(10)13/h1-4H,5H2. The van der Waals surface area contributed by atoms with Gasteiger partial charge in [-0.2, -0.15) is 0 Å². The zero-order valence-electron chi connectivity index (χ0n) is 7.51. The molecule has 2 aromatic rings. The highest BCUT2D eigenvalue weighted by Crippen LogP contribution is 2.34. The van der Waals surface area contributed by atoms with E-state index in [1.165, 1.54) is 0 Å². The van der Waals surface area contributed by atoms with Crippen molar-refractivity contribution in [1.29, 1.82) is 0 Å². The van der Waals surface area contributed by atoms with Crippen LogP contribution in [-0.2, 0) is 5.33 Å². The zero-order chi connectivity index (χ0) is 10.8. The molecule has 0 spiro atoms. The van der Waals surface area contributed by atoms with Crippen LogP contribution in [0.25, 0.3) is 11.3 Å². The van der Waals surface area contributed by atoms with Gasteiger partial charge in [0.1, 0.15) is 11.5 Å². The number of aromatic nitrogens is 1. The number of nitrogens with zero attached hydrogens (tertiary/aromatic N) is 1. The first kappa shape index (κ1) is 11.2. The summed E-state index contributed by atoms with van der Waals surface area (Å²) in [5, 5.41) is 5.25. The Bertz CT molecular complexity index is 464. The molecule has 0 bridgehead atoms. The van der Waals surface area contributed by atoms with Crippen molar-refractivity contribution in [3.8, 4) is 11.3 Å². The average molecular weight is 351 g/mol. The summed E-state index contributed by atoms with van der Waals surface area (Å²) in [4.78, 5) is 0. The summed E-state index contributed by atoms with van der Waals surface area (Å²) in [7, 11) is 0. The van der Waals surface area contributed by atoms with Crippen molar-refractivity contribution < 1.29 is 4.52 Å². The van der Waals surface area contributed by atoms with Crippen LogP contribution in [0.3, 0.4) is 0 Å². The van der Waals surface area contributed by atoms with Crippen molar-refractivity contribution in [1.82, 2.24) is 5.16 Å². The molecule has 0 saturated carbocycles. The quantitative estimate of drug-likeness (QED) is 0.736. The first-order valence-electron chi connectivity index (χ1n) is 4.18. The molecular weight excluding hydrogens is 345 g/mol. The van der Waals surface area contributed by atoms with Crippen LogP contribution in [0.4, 0.5) is 0 Å². The highest BCUT2D eigenvalue weighted by Gasteiger charge is 2.12. The Kier molecular flexibility index (Phi) is 3.49. The number of hydrogen-bond donors (Lipinski definition) is 0. The molecule has 5 heteroatoms. The van der Waals surface area contributed by atoms with Crippen LogP contribution in [0.2, 0.25) is 5.02 Å². The Hall–Kier alpha value is -0.320. The fourth-order valence-electron chi connectivity index (χ4n) is 1.24. The second-order valence-electron chi connectivity index (χ2n) is 2.91. The van der Waals surface area contributed by atoms with E-state index in [1.54, 1.807) is 0 Å². The second kappa shape index (κ2) is 4.68. The molecule has 0 aliphatic rings. The molecule has 1 aromatic carbocycles. The molecule has 2 nitrogen and oxygen atoms in total. The lowest BCUT2D eigenvalue weighted by Gasteiger charge is -2.01. The number of rotatable bonds is 2. The molecule has 15 heavy (non-hydrogen) atoms. The first-order chi connectivity index (χ1) is 7.22. The molecular formula is C10H6Br2ClNO. The van der Waals surface area contributed by atoms with Gasteiger partial charge in [-0.3, -0.25) is 0 Å². The lowest BCUT2D eigenvalue weighted by atomic mass is 10.1. The molecule has 0 saturated heterocycles. The molecule has 1 aromatic heterocycles. The fraction of sp³-hybridized carbons (Fsp3) is 0.100. The number of hydrogen-bond acceptors (Lipinski definition) is 2. The first-order valence-corrected chi connectivity index (χ1v) is 6.47. The van der Waals surface area contributed by atoms with Crippen LogP contribution < -0.4 is 0 Å². The van der Waals surface area contributed by atoms with E-state index in [-0.39, 0.29) is 0 Å². The summed E-state index contributed by atoms with van der Waals surface area (Å²) in [5.74, 6) is 0.775. The molecule has 0 radical (unpaired) electrons. The van der Waals surface area contributed by atoms with Gasteiger partial charge in [-0.1, -0.05) is 54.7 Å². The van der Waals surface area contributed by atoms with E-state index in [0.717, 1.165) is 21.5 Å². The minimum Gasteiger partial charge on any atom is -0.360 e. The van der Waals surface area contributed by atoms with Crippen molar-refractivity contribution in [3.63, 3.8) is 0 Å².